The molecule has 0 radical (unpaired) electrons. The van der Waals surface area contributed by atoms with Crippen molar-refractivity contribution in [2.75, 3.05) is 0 Å². The molecule has 1 heterocycles. The molecule has 98 valence electrons. The second-order valence-corrected chi connectivity index (χ2v) is 4.29. The van der Waals surface area contributed by atoms with Crippen LogP contribution in [-0.4, -0.2) is 16.1 Å². The molecule has 0 amide bonds. The van der Waals surface area contributed by atoms with Gasteiger partial charge in [-0.3, -0.25) is 4.98 Å². The molecule has 4 nitrogen and oxygen atoms in total. The summed E-state index contributed by atoms with van der Waals surface area (Å²) in [5.41, 5.74) is 1.03. The lowest BCUT2D eigenvalue weighted by molar-refractivity contribution is 0.0696. The topological polar surface area (TPSA) is 59.4 Å². The average molecular weight is 265 g/mol. The largest absolute Gasteiger partial charge is 0.478 e. The van der Waals surface area contributed by atoms with Crippen molar-refractivity contribution in [2.45, 2.75) is 0 Å². The van der Waals surface area contributed by atoms with E-state index in [1.54, 1.807) is 18.3 Å². The molecule has 0 bridgehead atoms. The number of pyridine rings is 1. The molecule has 3 aromatic rings. The number of aromatic carboxylic acids is 1. The minimum Gasteiger partial charge on any atom is -0.478 e. The quantitative estimate of drug-likeness (QED) is 0.784. The lowest BCUT2D eigenvalue weighted by atomic mass is 10.2. The van der Waals surface area contributed by atoms with Crippen LogP contribution >= 0.6 is 0 Å². The lowest BCUT2D eigenvalue weighted by Crippen LogP contribution is -1.96. The first kappa shape index (κ1) is 12.2. The summed E-state index contributed by atoms with van der Waals surface area (Å²) >= 11 is 0. The van der Waals surface area contributed by atoms with E-state index in [0.717, 1.165) is 10.9 Å². The standard InChI is InChI=1S/C16H11NO3/c18-16(19)12-3-1-5-13(9-12)20-14-7-6-11-4-2-8-17-15(11)10-14/h1-10H,(H,18,19). The summed E-state index contributed by atoms with van der Waals surface area (Å²) in [5, 5.41) is 9.98. The van der Waals surface area contributed by atoms with Crippen LogP contribution < -0.4 is 4.74 Å². The summed E-state index contributed by atoms with van der Waals surface area (Å²) in [6, 6.07) is 15.8. The van der Waals surface area contributed by atoms with Crippen LogP contribution in [0.1, 0.15) is 10.4 Å². The van der Waals surface area contributed by atoms with Crippen molar-refractivity contribution < 1.29 is 14.6 Å². The molecule has 20 heavy (non-hydrogen) atoms. The zero-order valence-electron chi connectivity index (χ0n) is 10.5. The number of nitrogens with zero attached hydrogens (tertiary/aromatic N) is 1. The highest BCUT2D eigenvalue weighted by Gasteiger charge is 2.05. The summed E-state index contributed by atoms with van der Waals surface area (Å²) in [6.07, 6.45) is 1.72. The van der Waals surface area contributed by atoms with Gasteiger partial charge in [-0.25, -0.2) is 4.79 Å². The summed E-state index contributed by atoms with van der Waals surface area (Å²) in [6.45, 7) is 0. The molecule has 0 unspecified atom stereocenters. The highest BCUT2D eigenvalue weighted by molar-refractivity contribution is 5.88. The molecule has 0 fully saturated rings. The van der Waals surface area contributed by atoms with Crippen molar-refractivity contribution in [3.05, 3.63) is 66.4 Å². The van der Waals surface area contributed by atoms with E-state index in [9.17, 15) is 4.79 Å². The molecule has 0 aliphatic rings. The number of carboxylic acids is 1. The molecule has 2 aromatic carbocycles. The molecule has 0 aliphatic carbocycles. The third-order valence-electron chi connectivity index (χ3n) is 2.89. The van der Waals surface area contributed by atoms with Gasteiger partial charge in [-0.05, 0) is 36.4 Å². The predicted octanol–water partition coefficient (Wildman–Crippen LogP) is 3.73. The van der Waals surface area contributed by atoms with Gasteiger partial charge in [0.25, 0.3) is 0 Å². The highest BCUT2D eigenvalue weighted by atomic mass is 16.5. The van der Waals surface area contributed by atoms with E-state index in [0.29, 0.717) is 11.5 Å². The highest BCUT2D eigenvalue weighted by Crippen LogP contribution is 2.25. The number of hydrogen-bond donors (Lipinski definition) is 1. The molecule has 0 aliphatic heterocycles. The molecule has 4 heteroatoms. The second-order valence-electron chi connectivity index (χ2n) is 4.29. The Morgan fingerprint density at radius 2 is 1.85 bits per heavy atom. The fourth-order valence-corrected chi connectivity index (χ4v) is 1.94. The van der Waals surface area contributed by atoms with Crippen LogP contribution in [0.15, 0.2) is 60.8 Å². The van der Waals surface area contributed by atoms with Gasteiger partial charge in [0, 0.05) is 17.6 Å². The van der Waals surface area contributed by atoms with Crippen molar-refractivity contribution in [3.8, 4) is 11.5 Å². The third kappa shape index (κ3) is 2.44. The van der Waals surface area contributed by atoms with Crippen molar-refractivity contribution in [3.63, 3.8) is 0 Å². The Morgan fingerprint density at radius 1 is 1.00 bits per heavy atom. The molecule has 3 rings (SSSR count). The van der Waals surface area contributed by atoms with Crippen LogP contribution in [0.3, 0.4) is 0 Å². The second kappa shape index (κ2) is 5.01. The zero-order chi connectivity index (χ0) is 13.9. The monoisotopic (exact) mass is 265 g/mol. The number of fused-ring (bicyclic) bond motifs is 1. The minimum absolute atomic E-state index is 0.196. The molecule has 1 N–H and O–H groups in total. The molecule has 1 aromatic heterocycles. The fourth-order valence-electron chi connectivity index (χ4n) is 1.94. The van der Waals surface area contributed by atoms with Gasteiger partial charge in [-0.1, -0.05) is 12.1 Å². The fraction of sp³-hybridized carbons (Fsp3) is 0. The number of aromatic nitrogens is 1. The van der Waals surface area contributed by atoms with Gasteiger partial charge in [0.15, 0.2) is 0 Å². The third-order valence-corrected chi connectivity index (χ3v) is 2.89. The van der Waals surface area contributed by atoms with E-state index in [-0.39, 0.29) is 5.56 Å². The number of hydrogen-bond acceptors (Lipinski definition) is 3. The number of ether oxygens (including phenoxy) is 1. The normalized spacial score (nSPS) is 10.4. The Morgan fingerprint density at radius 3 is 2.70 bits per heavy atom. The van der Waals surface area contributed by atoms with E-state index in [2.05, 4.69) is 4.98 Å². The van der Waals surface area contributed by atoms with E-state index >= 15 is 0 Å². The summed E-state index contributed by atoms with van der Waals surface area (Å²) in [5.74, 6) is 0.134. The maximum Gasteiger partial charge on any atom is 0.335 e. The zero-order valence-corrected chi connectivity index (χ0v) is 10.5. The van der Waals surface area contributed by atoms with Crippen molar-refractivity contribution in [1.82, 2.24) is 4.98 Å². The first-order valence-corrected chi connectivity index (χ1v) is 6.08. The van der Waals surface area contributed by atoms with Gasteiger partial charge in [-0.15, -0.1) is 0 Å². The van der Waals surface area contributed by atoms with Crippen LogP contribution in [0.2, 0.25) is 0 Å². The summed E-state index contributed by atoms with van der Waals surface area (Å²) in [4.78, 5) is 15.2. The number of rotatable bonds is 3. The predicted molar refractivity (Wildman–Crippen MR) is 75.2 cm³/mol. The number of benzene rings is 2. The Balaban J connectivity index is 1.92. The van der Waals surface area contributed by atoms with Crippen LogP contribution in [0, 0.1) is 0 Å². The average Bonchev–Trinajstić information content (AvgIpc) is 2.47. The molecule has 0 saturated heterocycles. The Hall–Kier alpha value is -2.88. The number of carbonyl (C=O) groups is 1. The maximum absolute atomic E-state index is 10.9. The van der Waals surface area contributed by atoms with Gasteiger partial charge < -0.3 is 9.84 Å². The van der Waals surface area contributed by atoms with Gasteiger partial charge in [0.1, 0.15) is 11.5 Å². The lowest BCUT2D eigenvalue weighted by Gasteiger charge is -2.07. The smallest absolute Gasteiger partial charge is 0.335 e. The van der Waals surface area contributed by atoms with Crippen LogP contribution in [0.25, 0.3) is 10.9 Å². The van der Waals surface area contributed by atoms with Crippen LogP contribution in [0.4, 0.5) is 0 Å². The minimum atomic E-state index is -0.976. The van der Waals surface area contributed by atoms with Gasteiger partial charge in [0.2, 0.25) is 0 Å². The Kier molecular flexibility index (Phi) is 3.05. The number of carboxylic acid groups (broad SMARTS) is 1. The van der Waals surface area contributed by atoms with E-state index < -0.39 is 5.97 Å². The molecule has 0 atom stereocenters. The van der Waals surface area contributed by atoms with E-state index in [1.807, 2.05) is 30.3 Å². The first-order chi connectivity index (χ1) is 9.72. The molecular formula is C16H11NO3. The van der Waals surface area contributed by atoms with Crippen molar-refractivity contribution in [2.24, 2.45) is 0 Å². The Bertz CT molecular complexity index is 783. The molecule has 0 spiro atoms. The molecule has 0 saturated carbocycles. The van der Waals surface area contributed by atoms with Crippen LogP contribution in [0.5, 0.6) is 11.5 Å². The summed E-state index contributed by atoms with van der Waals surface area (Å²) in [7, 11) is 0. The van der Waals surface area contributed by atoms with Crippen molar-refractivity contribution >= 4 is 16.9 Å². The van der Waals surface area contributed by atoms with E-state index in [4.69, 9.17) is 9.84 Å². The van der Waals surface area contributed by atoms with Gasteiger partial charge in [0.05, 0.1) is 11.1 Å². The van der Waals surface area contributed by atoms with Gasteiger partial charge >= 0.3 is 5.97 Å². The maximum atomic E-state index is 10.9. The first-order valence-electron chi connectivity index (χ1n) is 6.08. The summed E-state index contributed by atoms with van der Waals surface area (Å²) < 4.78 is 5.67. The molecular weight excluding hydrogens is 254 g/mol. The Labute approximate surface area is 115 Å². The van der Waals surface area contributed by atoms with Crippen LogP contribution in [-0.2, 0) is 0 Å². The SMILES string of the molecule is O=C(O)c1cccc(Oc2ccc3cccnc3c2)c1. The van der Waals surface area contributed by atoms with Gasteiger partial charge in [-0.2, -0.15) is 0 Å². The van der Waals surface area contributed by atoms with Crippen molar-refractivity contribution in [1.29, 1.82) is 0 Å². The van der Waals surface area contributed by atoms with E-state index in [1.165, 1.54) is 12.1 Å².